The van der Waals surface area contributed by atoms with Crippen molar-refractivity contribution in [3.8, 4) is 5.75 Å². The van der Waals surface area contributed by atoms with Crippen molar-refractivity contribution in [1.29, 1.82) is 0 Å². The lowest BCUT2D eigenvalue weighted by atomic mass is 10.3. The van der Waals surface area contributed by atoms with Crippen LogP contribution < -0.4 is 4.74 Å². The molecule has 0 aliphatic heterocycles. The van der Waals surface area contributed by atoms with Crippen LogP contribution in [0.4, 0.5) is 4.39 Å². The Balaban J connectivity index is 2.13. The van der Waals surface area contributed by atoms with Gasteiger partial charge in [0.15, 0.2) is 17.7 Å². The smallest absolute Gasteiger partial charge is 0.223 e. The van der Waals surface area contributed by atoms with Crippen molar-refractivity contribution < 1.29 is 13.7 Å². The number of hydrogen-bond donors (Lipinski definition) is 0. The summed E-state index contributed by atoms with van der Waals surface area (Å²) in [4.78, 5) is 4.01. The molecule has 0 spiro atoms. The summed E-state index contributed by atoms with van der Waals surface area (Å²) < 4.78 is 23.5. The maximum Gasteiger partial charge on any atom is 0.223 e. The van der Waals surface area contributed by atoms with E-state index >= 15 is 0 Å². The molecule has 4 nitrogen and oxygen atoms in total. The number of ether oxygens (including phenoxy) is 1. The number of aryl methyl sites for hydroxylation is 1. The van der Waals surface area contributed by atoms with Gasteiger partial charge in [0.05, 0.1) is 0 Å². The lowest BCUT2D eigenvalue weighted by Crippen LogP contribution is -2.06. The highest BCUT2D eigenvalue weighted by molar-refractivity contribution is 5.24. The van der Waals surface area contributed by atoms with Gasteiger partial charge in [-0.2, -0.15) is 4.98 Å². The van der Waals surface area contributed by atoms with Crippen LogP contribution in [-0.4, -0.2) is 10.1 Å². The summed E-state index contributed by atoms with van der Waals surface area (Å²) in [6.07, 6.45) is -0.450. The van der Waals surface area contributed by atoms with E-state index in [4.69, 9.17) is 9.26 Å². The summed E-state index contributed by atoms with van der Waals surface area (Å²) in [5.74, 6) is 0.631. The number of aromatic nitrogens is 2. The van der Waals surface area contributed by atoms with Crippen LogP contribution in [0.15, 0.2) is 28.8 Å². The average Bonchev–Trinajstić information content (AvgIpc) is 2.68. The second kappa shape index (κ2) is 4.30. The molecule has 0 fully saturated rings. The zero-order valence-corrected chi connectivity index (χ0v) is 8.98. The van der Waals surface area contributed by atoms with Crippen LogP contribution in [0.5, 0.6) is 5.75 Å². The highest BCUT2D eigenvalue weighted by Crippen LogP contribution is 2.22. The highest BCUT2D eigenvalue weighted by Gasteiger charge is 2.15. The van der Waals surface area contributed by atoms with E-state index in [9.17, 15) is 4.39 Å². The lowest BCUT2D eigenvalue weighted by Gasteiger charge is -2.11. The van der Waals surface area contributed by atoms with Crippen LogP contribution in [-0.2, 0) is 0 Å². The van der Waals surface area contributed by atoms with Crippen molar-refractivity contribution in [3.63, 3.8) is 0 Å². The fourth-order valence-corrected chi connectivity index (χ4v) is 1.26. The zero-order chi connectivity index (χ0) is 11.5. The fourth-order valence-electron chi connectivity index (χ4n) is 1.26. The van der Waals surface area contributed by atoms with Crippen molar-refractivity contribution in [2.24, 2.45) is 0 Å². The largest absolute Gasteiger partial charge is 0.480 e. The summed E-state index contributed by atoms with van der Waals surface area (Å²) in [5, 5.41) is 3.71. The topological polar surface area (TPSA) is 48.2 Å². The van der Waals surface area contributed by atoms with E-state index in [0.29, 0.717) is 11.7 Å². The van der Waals surface area contributed by atoms with Gasteiger partial charge in [-0.25, -0.2) is 4.39 Å². The van der Waals surface area contributed by atoms with E-state index in [-0.39, 0.29) is 5.75 Å². The van der Waals surface area contributed by atoms with Crippen molar-refractivity contribution in [2.75, 3.05) is 0 Å². The van der Waals surface area contributed by atoms with Crippen molar-refractivity contribution >= 4 is 0 Å². The minimum atomic E-state index is -0.450. The Kier molecular flexibility index (Phi) is 2.85. The summed E-state index contributed by atoms with van der Waals surface area (Å²) >= 11 is 0. The molecule has 1 heterocycles. The molecular formula is C11H11FN2O2. The Morgan fingerprint density at radius 2 is 2.12 bits per heavy atom. The molecule has 0 amide bonds. The van der Waals surface area contributed by atoms with Gasteiger partial charge >= 0.3 is 0 Å². The fraction of sp³-hybridized carbons (Fsp3) is 0.273. The predicted molar refractivity (Wildman–Crippen MR) is 54.5 cm³/mol. The van der Waals surface area contributed by atoms with Gasteiger partial charge in [-0.1, -0.05) is 17.3 Å². The molecule has 0 saturated carbocycles. The molecule has 0 saturated heterocycles. The van der Waals surface area contributed by atoms with Crippen LogP contribution in [0.1, 0.15) is 24.7 Å². The molecule has 0 aliphatic rings. The van der Waals surface area contributed by atoms with E-state index in [1.54, 1.807) is 32.0 Å². The maximum atomic E-state index is 13.3. The normalized spacial score (nSPS) is 12.4. The van der Waals surface area contributed by atoms with Crippen molar-refractivity contribution in [3.05, 3.63) is 41.8 Å². The van der Waals surface area contributed by atoms with Gasteiger partial charge in [0.1, 0.15) is 0 Å². The number of rotatable bonds is 3. The van der Waals surface area contributed by atoms with E-state index < -0.39 is 11.9 Å². The molecule has 5 heteroatoms. The standard InChI is InChI=1S/C11H11FN2O2/c1-7(11-13-8(2)16-14-11)15-10-6-4-3-5-9(10)12/h3-7H,1-2H3. The molecule has 16 heavy (non-hydrogen) atoms. The first-order chi connectivity index (χ1) is 7.66. The molecule has 2 aromatic rings. The summed E-state index contributed by atoms with van der Waals surface area (Å²) in [7, 11) is 0. The first kappa shape index (κ1) is 10.6. The molecule has 84 valence electrons. The molecule has 2 rings (SSSR count). The van der Waals surface area contributed by atoms with Gasteiger partial charge in [-0.15, -0.1) is 0 Å². The Morgan fingerprint density at radius 1 is 1.38 bits per heavy atom. The number of benzene rings is 1. The molecule has 1 aromatic heterocycles. The summed E-state index contributed by atoms with van der Waals surface area (Å²) in [5.41, 5.74) is 0. The van der Waals surface area contributed by atoms with Gasteiger partial charge in [-0.05, 0) is 19.1 Å². The Labute approximate surface area is 92.0 Å². The highest BCUT2D eigenvalue weighted by atomic mass is 19.1. The van der Waals surface area contributed by atoms with Gasteiger partial charge < -0.3 is 9.26 Å². The average molecular weight is 222 g/mol. The van der Waals surface area contributed by atoms with Crippen molar-refractivity contribution in [2.45, 2.75) is 20.0 Å². The first-order valence-corrected chi connectivity index (χ1v) is 4.88. The number of halogens is 1. The Bertz CT molecular complexity index is 484. The molecule has 1 unspecified atom stereocenters. The van der Waals surface area contributed by atoms with E-state index in [1.165, 1.54) is 6.07 Å². The Morgan fingerprint density at radius 3 is 2.75 bits per heavy atom. The maximum absolute atomic E-state index is 13.3. The molecule has 1 atom stereocenters. The van der Waals surface area contributed by atoms with Gasteiger partial charge in [0.2, 0.25) is 11.7 Å². The van der Waals surface area contributed by atoms with Crippen LogP contribution in [0.3, 0.4) is 0 Å². The lowest BCUT2D eigenvalue weighted by molar-refractivity contribution is 0.201. The minimum Gasteiger partial charge on any atom is -0.480 e. The number of para-hydroxylation sites is 1. The van der Waals surface area contributed by atoms with Gasteiger partial charge in [0.25, 0.3) is 0 Å². The van der Waals surface area contributed by atoms with Crippen LogP contribution in [0, 0.1) is 12.7 Å². The molecule has 0 radical (unpaired) electrons. The van der Waals surface area contributed by atoms with Crippen LogP contribution in [0.25, 0.3) is 0 Å². The monoisotopic (exact) mass is 222 g/mol. The zero-order valence-electron chi connectivity index (χ0n) is 8.98. The quantitative estimate of drug-likeness (QED) is 0.801. The SMILES string of the molecule is Cc1nc(C(C)Oc2ccccc2F)no1. The second-order valence-electron chi connectivity index (χ2n) is 3.36. The Hall–Kier alpha value is -1.91. The van der Waals surface area contributed by atoms with Crippen LogP contribution >= 0.6 is 0 Å². The van der Waals surface area contributed by atoms with E-state index in [1.807, 2.05) is 0 Å². The minimum absolute atomic E-state index is 0.178. The van der Waals surface area contributed by atoms with Crippen molar-refractivity contribution in [1.82, 2.24) is 10.1 Å². The molecule has 0 aliphatic carbocycles. The molecular weight excluding hydrogens is 211 g/mol. The predicted octanol–water partition coefficient (Wildman–Crippen LogP) is 2.66. The summed E-state index contributed by atoms with van der Waals surface area (Å²) in [6.45, 7) is 3.42. The number of nitrogens with zero attached hydrogens (tertiary/aromatic N) is 2. The molecule has 1 aromatic carbocycles. The summed E-state index contributed by atoms with van der Waals surface area (Å²) in [6, 6.07) is 6.19. The third kappa shape index (κ3) is 2.18. The van der Waals surface area contributed by atoms with E-state index in [2.05, 4.69) is 10.1 Å². The third-order valence-electron chi connectivity index (χ3n) is 2.05. The number of hydrogen-bond acceptors (Lipinski definition) is 4. The van der Waals surface area contributed by atoms with Gasteiger partial charge in [-0.3, -0.25) is 0 Å². The van der Waals surface area contributed by atoms with E-state index in [0.717, 1.165) is 0 Å². The first-order valence-electron chi connectivity index (χ1n) is 4.88. The van der Waals surface area contributed by atoms with Crippen LogP contribution in [0.2, 0.25) is 0 Å². The molecule has 0 bridgehead atoms. The molecule has 0 N–H and O–H groups in total. The van der Waals surface area contributed by atoms with Gasteiger partial charge in [0, 0.05) is 6.92 Å². The second-order valence-corrected chi connectivity index (χ2v) is 3.36. The third-order valence-corrected chi connectivity index (χ3v) is 2.05.